The highest BCUT2D eigenvalue weighted by Gasteiger charge is 2.59. The fourth-order valence-electron chi connectivity index (χ4n) is 3.09. The maximum atomic E-state index is 12.5. The number of pyridine rings is 1. The van der Waals surface area contributed by atoms with Crippen LogP contribution in [0, 0.1) is 11.3 Å². The Balaban J connectivity index is 1.72. The van der Waals surface area contributed by atoms with Gasteiger partial charge in [-0.3, -0.25) is 4.79 Å². The largest absolute Gasteiger partial charge is 0.481 e. The molecule has 2 heterocycles. The molecule has 1 saturated heterocycles. The molecule has 114 valence electrons. The highest BCUT2D eigenvalue weighted by atomic mass is 35.5. The van der Waals surface area contributed by atoms with Crippen molar-refractivity contribution < 1.29 is 18.3 Å². The van der Waals surface area contributed by atoms with Crippen LogP contribution in [0.5, 0.6) is 0 Å². The van der Waals surface area contributed by atoms with Gasteiger partial charge in [0.1, 0.15) is 10.0 Å². The highest BCUT2D eigenvalue weighted by molar-refractivity contribution is 7.89. The summed E-state index contributed by atoms with van der Waals surface area (Å²) in [5, 5.41) is 9.29. The number of halogens is 1. The van der Waals surface area contributed by atoms with Crippen LogP contribution in [-0.4, -0.2) is 41.9 Å². The van der Waals surface area contributed by atoms with Crippen LogP contribution in [0.25, 0.3) is 0 Å². The monoisotopic (exact) mass is 330 g/mol. The minimum atomic E-state index is -3.57. The van der Waals surface area contributed by atoms with E-state index in [4.69, 9.17) is 16.7 Å². The molecule has 2 aliphatic rings. The van der Waals surface area contributed by atoms with Gasteiger partial charge in [0.25, 0.3) is 0 Å². The summed E-state index contributed by atoms with van der Waals surface area (Å²) in [6.45, 7) is 0.712. The van der Waals surface area contributed by atoms with Crippen molar-refractivity contribution in [1.82, 2.24) is 9.29 Å². The number of rotatable bonds is 3. The average molecular weight is 331 g/mol. The van der Waals surface area contributed by atoms with Gasteiger partial charge in [0.15, 0.2) is 0 Å². The van der Waals surface area contributed by atoms with Crippen molar-refractivity contribution in [3.63, 3.8) is 0 Å². The van der Waals surface area contributed by atoms with Crippen LogP contribution in [0.3, 0.4) is 0 Å². The number of carboxylic acids is 1. The van der Waals surface area contributed by atoms with Crippen molar-refractivity contribution in [2.75, 3.05) is 13.1 Å². The lowest BCUT2D eigenvalue weighted by Gasteiger charge is -2.31. The molecule has 1 aromatic rings. The smallest absolute Gasteiger partial charge is 0.307 e. The third kappa shape index (κ3) is 2.54. The quantitative estimate of drug-likeness (QED) is 0.851. The Morgan fingerprint density at radius 3 is 2.52 bits per heavy atom. The summed E-state index contributed by atoms with van der Waals surface area (Å²) < 4.78 is 26.3. The molecule has 0 radical (unpaired) electrons. The van der Waals surface area contributed by atoms with Crippen molar-refractivity contribution in [3.8, 4) is 0 Å². The van der Waals surface area contributed by atoms with Crippen LogP contribution in [0.4, 0.5) is 0 Å². The van der Waals surface area contributed by atoms with Gasteiger partial charge in [-0.05, 0) is 36.8 Å². The van der Waals surface area contributed by atoms with Crippen molar-refractivity contribution in [3.05, 3.63) is 23.5 Å². The van der Waals surface area contributed by atoms with E-state index in [1.807, 2.05) is 0 Å². The zero-order chi connectivity index (χ0) is 15.3. The van der Waals surface area contributed by atoms with E-state index in [0.717, 1.165) is 0 Å². The summed E-state index contributed by atoms with van der Waals surface area (Å²) in [4.78, 5) is 14.9. The number of hydrogen-bond acceptors (Lipinski definition) is 4. The van der Waals surface area contributed by atoms with Crippen LogP contribution < -0.4 is 0 Å². The molecule has 6 nitrogen and oxygen atoms in total. The van der Waals surface area contributed by atoms with E-state index >= 15 is 0 Å². The summed E-state index contributed by atoms with van der Waals surface area (Å²) in [6.07, 6.45) is 3.12. The van der Waals surface area contributed by atoms with E-state index in [1.54, 1.807) is 0 Å². The van der Waals surface area contributed by atoms with Gasteiger partial charge in [0.05, 0.1) is 5.92 Å². The Morgan fingerprint density at radius 2 is 2.05 bits per heavy atom. The first kappa shape index (κ1) is 14.7. The van der Waals surface area contributed by atoms with E-state index in [2.05, 4.69) is 4.98 Å². The van der Waals surface area contributed by atoms with Gasteiger partial charge >= 0.3 is 5.97 Å². The van der Waals surface area contributed by atoms with Crippen LogP contribution >= 0.6 is 11.6 Å². The van der Waals surface area contributed by atoms with E-state index in [9.17, 15) is 13.2 Å². The maximum Gasteiger partial charge on any atom is 0.307 e. The molecule has 0 aromatic carbocycles. The fraction of sp³-hybridized carbons (Fsp3) is 0.538. The van der Waals surface area contributed by atoms with Crippen molar-refractivity contribution in [2.45, 2.75) is 24.2 Å². The van der Waals surface area contributed by atoms with Crippen molar-refractivity contribution in [1.29, 1.82) is 0 Å². The minimum Gasteiger partial charge on any atom is -0.481 e. The van der Waals surface area contributed by atoms with E-state index in [-0.39, 0.29) is 21.4 Å². The molecule has 1 aromatic heterocycles. The number of carbonyl (C=O) groups is 1. The number of piperidine rings is 1. The van der Waals surface area contributed by atoms with Crippen molar-refractivity contribution in [2.24, 2.45) is 11.3 Å². The Labute approximate surface area is 127 Å². The molecule has 1 atom stereocenters. The number of sulfonamides is 1. The Morgan fingerprint density at radius 1 is 1.38 bits per heavy atom. The van der Waals surface area contributed by atoms with E-state index < -0.39 is 16.0 Å². The lowest BCUT2D eigenvalue weighted by Crippen LogP contribution is -2.39. The third-order valence-corrected chi connectivity index (χ3v) is 6.65. The standard InChI is InChI=1S/C13H15ClN2O4S/c14-11-2-1-9(8-15-11)21(19,20)16-5-3-13(4-6-16)7-10(13)12(17)18/h1-2,8,10H,3-7H2,(H,17,18). The van der Waals surface area contributed by atoms with E-state index in [0.29, 0.717) is 32.4 Å². The van der Waals surface area contributed by atoms with Gasteiger partial charge in [-0.25, -0.2) is 13.4 Å². The van der Waals surface area contributed by atoms with E-state index in [1.165, 1.54) is 22.6 Å². The maximum absolute atomic E-state index is 12.5. The Kier molecular flexibility index (Phi) is 3.46. The second-order valence-electron chi connectivity index (χ2n) is 5.68. The van der Waals surface area contributed by atoms with Gasteiger partial charge in [-0.15, -0.1) is 0 Å². The van der Waals surface area contributed by atoms with Crippen LogP contribution in [-0.2, 0) is 14.8 Å². The zero-order valence-electron chi connectivity index (χ0n) is 11.2. The van der Waals surface area contributed by atoms with Crippen LogP contribution in [0.1, 0.15) is 19.3 Å². The molecule has 8 heteroatoms. The number of nitrogens with zero attached hydrogens (tertiary/aromatic N) is 2. The molecule has 0 amide bonds. The van der Waals surface area contributed by atoms with Gasteiger partial charge < -0.3 is 5.11 Å². The lowest BCUT2D eigenvalue weighted by atomic mass is 9.92. The Hall–Kier alpha value is -1.18. The molecular weight excluding hydrogens is 316 g/mol. The Bertz CT molecular complexity index is 666. The third-order valence-electron chi connectivity index (χ3n) is 4.54. The van der Waals surface area contributed by atoms with Crippen LogP contribution in [0.15, 0.2) is 23.2 Å². The normalized spacial score (nSPS) is 24.9. The van der Waals surface area contributed by atoms with Crippen LogP contribution in [0.2, 0.25) is 5.15 Å². The van der Waals surface area contributed by atoms with Gasteiger partial charge in [0.2, 0.25) is 10.0 Å². The second-order valence-corrected chi connectivity index (χ2v) is 8.00. The molecular formula is C13H15ClN2O4S. The summed E-state index contributed by atoms with van der Waals surface area (Å²) in [7, 11) is -3.57. The fourth-order valence-corrected chi connectivity index (χ4v) is 4.58. The highest BCUT2D eigenvalue weighted by Crippen LogP contribution is 2.59. The number of aliphatic carboxylic acids is 1. The van der Waals surface area contributed by atoms with Gasteiger partial charge in [0, 0.05) is 19.3 Å². The summed E-state index contributed by atoms with van der Waals surface area (Å²) in [6, 6.07) is 2.88. The first-order valence-corrected chi connectivity index (χ1v) is 8.51. The van der Waals surface area contributed by atoms with Gasteiger partial charge in [-0.1, -0.05) is 11.6 Å². The summed E-state index contributed by atoms with van der Waals surface area (Å²) in [5.74, 6) is -1.08. The molecule has 1 spiro atoms. The second kappa shape index (κ2) is 4.93. The number of aromatic nitrogens is 1. The molecule has 1 aliphatic heterocycles. The molecule has 1 saturated carbocycles. The first-order chi connectivity index (χ1) is 9.85. The SMILES string of the molecule is O=C(O)C1CC12CCN(S(=O)(=O)c1ccc(Cl)nc1)CC2. The average Bonchev–Trinajstić information content (AvgIpc) is 3.14. The number of carboxylic acid groups (broad SMARTS) is 1. The zero-order valence-corrected chi connectivity index (χ0v) is 12.8. The topological polar surface area (TPSA) is 87.6 Å². The number of hydrogen-bond donors (Lipinski definition) is 1. The minimum absolute atomic E-state index is 0.119. The first-order valence-electron chi connectivity index (χ1n) is 6.70. The van der Waals surface area contributed by atoms with Crippen molar-refractivity contribution >= 4 is 27.6 Å². The summed E-state index contributed by atoms with van der Waals surface area (Å²) in [5.41, 5.74) is -0.184. The predicted molar refractivity (Wildman–Crippen MR) is 75.4 cm³/mol. The molecule has 1 N–H and O–H groups in total. The molecule has 2 fully saturated rings. The molecule has 1 aliphatic carbocycles. The molecule has 0 bridgehead atoms. The lowest BCUT2D eigenvalue weighted by molar-refractivity contribution is -0.139. The molecule has 21 heavy (non-hydrogen) atoms. The predicted octanol–water partition coefficient (Wildman–Crippen LogP) is 1.61. The summed E-state index contributed by atoms with van der Waals surface area (Å²) >= 11 is 5.66. The van der Waals surface area contributed by atoms with Gasteiger partial charge in [-0.2, -0.15) is 4.31 Å². The molecule has 1 unspecified atom stereocenters. The molecule has 3 rings (SSSR count).